The summed E-state index contributed by atoms with van der Waals surface area (Å²) in [4.78, 5) is 0. The molecule has 0 atom stereocenters. The van der Waals surface area contributed by atoms with Gasteiger partial charge in [-0.1, -0.05) is 13.3 Å². The van der Waals surface area contributed by atoms with Crippen molar-refractivity contribution in [2.75, 3.05) is 0 Å². The van der Waals surface area contributed by atoms with E-state index in [1.165, 1.54) is 6.42 Å². The zero-order chi connectivity index (χ0) is 9.66. The number of hydrogen-bond donors (Lipinski definition) is 0. The quantitative estimate of drug-likeness (QED) is 0.265. The van der Waals surface area contributed by atoms with Crippen molar-refractivity contribution in [2.45, 2.75) is 26.2 Å². The third-order valence-corrected chi connectivity index (χ3v) is 0.939. The van der Waals surface area contributed by atoms with Crippen molar-refractivity contribution < 1.29 is 35.0 Å². The van der Waals surface area contributed by atoms with Crippen LogP contribution in [0.5, 0.6) is 0 Å². The Kier molecular flexibility index (Phi) is 38.1. The van der Waals surface area contributed by atoms with Crippen LogP contribution >= 0.6 is 37.2 Å². The Labute approximate surface area is 127 Å². The Hall–Kier alpha value is 2.38. The van der Waals surface area contributed by atoms with Crippen LogP contribution in [0.25, 0.3) is 0 Å². The van der Waals surface area contributed by atoms with Crippen LogP contribution in [-0.4, -0.2) is 0 Å². The van der Waals surface area contributed by atoms with Gasteiger partial charge in [0.05, 0.1) is 0 Å². The summed E-state index contributed by atoms with van der Waals surface area (Å²) in [7, 11) is 0. The van der Waals surface area contributed by atoms with Gasteiger partial charge in [0.25, 0.3) is 0 Å². The van der Waals surface area contributed by atoms with E-state index in [0.29, 0.717) is 13.3 Å². The fourth-order valence-electron chi connectivity index (χ4n) is 0.340. The molecule has 0 saturated heterocycles. The average Bonchev–Trinajstić information content (AvgIpc) is 2.62. The normalized spacial score (nSPS) is 10.8. The van der Waals surface area contributed by atoms with E-state index < -0.39 is 0 Å². The maximum atomic E-state index is 3.60. The van der Waals surface area contributed by atoms with Crippen molar-refractivity contribution >= 4 is 37.2 Å². The molecule has 1 aliphatic rings. The van der Waals surface area contributed by atoms with Gasteiger partial charge in [-0.25, -0.2) is 12.2 Å². The first-order valence-electron chi connectivity index (χ1n) is 3.71. The Morgan fingerprint density at radius 1 is 1.54 bits per heavy atom. The number of unbranched alkanes of at least 4 members (excludes halogenated alkanes) is 1. The zero-order valence-corrected chi connectivity index (χ0v) is 15.7. The maximum absolute atomic E-state index is 3.60. The molecule has 4 heteroatoms. The standard InChI is InChI=1S/C5H5.C4H9.I3.Ti/c1-2-4-5-3-1;1-3-4-2;1-3-2;/h1-3H,4H2;1,3-4H2,2H3;;/q3*-1;+2. The first-order valence-corrected chi connectivity index (χ1v) is 16.3. The molecule has 0 fully saturated rings. The second-order valence-electron chi connectivity index (χ2n) is 1.91. The average molecular weight is 551 g/mol. The minimum absolute atomic E-state index is 0. The third kappa shape index (κ3) is 31.4. The third-order valence-electron chi connectivity index (χ3n) is 0.939. The summed E-state index contributed by atoms with van der Waals surface area (Å²) >= 11 is 5.30. The van der Waals surface area contributed by atoms with Crippen LogP contribution in [0.4, 0.5) is 0 Å². The van der Waals surface area contributed by atoms with Crippen LogP contribution in [0.1, 0.15) is 26.2 Å². The molecule has 0 aromatic rings. The van der Waals surface area contributed by atoms with Gasteiger partial charge >= 0.3 is 72.2 Å². The van der Waals surface area contributed by atoms with Crippen LogP contribution in [0.15, 0.2) is 18.2 Å². The van der Waals surface area contributed by atoms with E-state index in [2.05, 4.69) is 63.2 Å². The van der Waals surface area contributed by atoms with Crippen LogP contribution in [0, 0.1) is 13.0 Å². The zero-order valence-electron chi connectivity index (χ0n) is 7.69. The van der Waals surface area contributed by atoms with Gasteiger partial charge in [0.1, 0.15) is 0 Å². The number of allylic oxidation sites excluding steroid dienone is 4. The summed E-state index contributed by atoms with van der Waals surface area (Å²) in [6, 6.07) is 0. The molecule has 0 aromatic carbocycles. The summed E-state index contributed by atoms with van der Waals surface area (Å²) in [5, 5.41) is 0. The summed E-state index contributed by atoms with van der Waals surface area (Å²) in [6.45, 7) is 5.72. The molecule has 0 aliphatic heterocycles. The minimum Gasteiger partial charge on any atom is -0.343 e. The van der Waals surface area contributed by atoms with Gasteiger partial charge in [0, 0.05) is 0 Å². The fourth-order valence-corrected chi connectivity index (χ4v) is 0.340. The van der Waals surface area contributed by atoms with Crippen LogP contribution in [0.2, 0.25) is 0 Å². The predicted octanol–water partition coefficient (Wildman–Crippen LogP) is 1.70. The molecule has 1 rings (SSSR count). The summed E-state index contributed by atoms with van der Waals surface area (Å²) in [5.74, 6) is 0. The SMILES string of the molecule is I[I-]I.[C-]1=CC=CC1.[CH2-]CCC.[Ti+2]. The Morgan fingerprint density at radius 3 is 2.08 bits per heavy atom. The van der Waals surface area contributed by atoms with Crippen molar-refractivity contribution in [3.05, 3.63) is 31.2 Å². The van der Waals surface area contributed by atoms with E-state index >= 15 is 0 Å². The first kappa shape index (κ1) is 20.8. The fraction of sp³-hybridized carbons (Fsp3) is 0.444. The second-order valence-corrected chi connectivity index (χ2v) is 18.2. The molecule has 0 nitrogen and oxygen atoms in total. The number of rotatable bonds is 1. The van der Waals surface area contributed by atoms with E-state index in [9.17, 15) is 0 Å². The van der Waals surface area contributed by atoms with Gasteiger partial charge in [-0.05, 0) is 0 Å². The van der Waals surface area contributed by atoms with Crippen LogP contribution in [0.3, 0.4) is 0 Å². The monoisotopic (exact) mass is 551 g/mol. The minimum atomic E-state index is 0. The van der Waals surface area contributed by atoms with Gasteiger partial charge < -0.3 is 6.92 Å². The molecule has 0 radical (unpaired) electrons. The van der Waals surface area contributed by atoms with Crippen molar-refractivity contribution in [3.63, 3.8) is 0 Å². The van der Waals surface area contributed by atoms with E-state index in [4.69, 9.17) is 0 Å². The van der Waals surface area contributed by atoms with E-state index in [1.54, 1.807) is 0 Å². The van der Waals surface area contributed by atoms with Gasteiger partial charge in [0.15, 0.2) is 0 Å². The molecule has 0 unspecified atom stereocenters. The van der Waals surface area contributed by atoms with Crippen LogP contribution < -0.4 is 13.3 Å². The van der Waals surface area contributed by atoms with E-state index in [1.807, 2.05) is 12.2 Å². The Bertz CT molecular complexity index is 101. The summed E-state index contributed by atoms with van der Waals surface area (Å²) in [5.41, 5.74) is 0. The largest absolute Gasteiger partial charge is 2.00 e. The molecule has 0 saturated carbocycles. The molecule has 0 amide bonds. The molecule has 0 heterocycles. The van der Waals surface area contributed by atoms with E-state index in [0.717, 1.165) is 12.8 Å². The Morgan fingerprint density at radius 2 is 2.00 bits per heavy atom. The molecular weight excluding hydrogens is 537 g/mol. The maximum Gasteiger partial charge on any atom is 2.00 e. The van der Waals surface area contributed by atoms with Gasteiger partial charge in [-0.3, -0.25) is 6.08 Å². The molecule has 1 aliphatic carbocycles. The number of halogens is 3. The van der Waals surface area contributed by atoms with Gasteiger partial charge in [-0.2, -0.15) is 12.5 Å². The first-order chi connectivity index (χ1) is 5.83. The summed E-state index contributed by atoms with van der Waals surface area (Å²) in [6.07, 6.45) is 12.3. The van der Waals surface area contributed by atoms with Gasteiger partial charge in [0.2, 0.25) is 0 Å². The smallest absolute Gasteiger partial charge is 0.343 e. The van der Waals surface area contributed by atoms with Crippen LogP contribution in [-0.2, 0) is 21.7 Å². The van der Waals surface area contributed by atoms with Crippen molar-refractivity contribution in [3.8, 4) is 0 Å². The van der Waals surface area contributed by atoms with Crippen molar-refractivity contribution in [1.82, 2.24) is 0 Å². The topological polar surface area (TPSA) is 0 Å². The molecule has 76 valence electrons. The van der Waals surface area contributed by atoms with Crippen molar-refractivity contribution in [1.29, 1.82) is 0 Å². The molecule has 13 heavy (non-hydrogen) atoms. The van der Waals surface area contributed by atoms with Crippen molar-refractivity contribution in [2.24, 2.45) is 0 Å². The Balaban J connectivity index is -0.000000116. The second kappa shape index (κ2) is 23.9. The summed E-state index contributed by atoms with van der Waals surface area (Å²) < 4.78 is 0. The predicted molar refractivity (Wildman–Crippen MR) is 69.9 cm³/mol. The van der Waals surface area contributed by atoms with E-state index in [-0.39, 0.29) is 21.7 Å². The number of hydrogen-bond acceptors (Lipinski definition) is 0. The van der Waals surface area contributed by atoms with Gasteiger partial charge in [-0.15, -0.1) is 6.42 Å². The molecule has 0 aromatic heterocycles. The molecule has 0 spiro atoms. The molecule has 0 N–H and O–H groups in total. The molecule has 0 bridgehead atoms. The molecular formula is C9H14I3Ti-.